The van der Waals surface area contributed by atoms with Crippen LogP contribution in [-0.2, 0) is 6.54 Å². The van der Waals surface area contributed by atoms with E-state index in [1.165, 1.54) is 11.3 Å². The molecule has 2 amide bonds. The SMILES string of the molecule is Cc1cccn1Cc1ccc(C(=O)N2CCC3(CC2)CC3CNC(=O)c2cc3ccncc3o2)cc1. The first kappa shape index (κ1) is 22.6. The van der Waals surface area contributed by atoms with Crippen LogP contribution >= 0.6 is 0 Å². The first-order chi connectivity index (χ1) is 17.5. The number of benzene rings is 1. The number of carbonyl (C=O) groups is 2. The number of nitrogens with zero attached hydrogens (tertiary/aromatic N) is 3. The van der Waals surface area contributed by atoms with E-state index in [-0.39, 0.29) is 17.2 Å². The van der Waals surface area contributed by atoms with E-state index in [2.05, 4.69) is 46.2 Å². The van der Waals surface area contributed by atoms with Crippen LogP contribution in [0.15, 0.2) is 71.5 Å². The van der Waals surface area contributed by atoms with Gasteiger partial charge in [0.1, 0.15) is 0 Å². The number of pyridine rings is 1. The summed E-state index contributed by atoms with van der Waals surface area (Å²) in [6, 6.07) is 15.7. The van der Waals surface area contributed by atoms with Crippen molar-refractivity contribution in [3.63, 3.8) is 0 Å². The zero-order valence-corrected chi connectivity index (χ0v) is 20.4. The summed E-state index contributed by atoms with van der Waals surface area (Å²) < 4.78 is 7.82. The van der Waals surface area contributed by atoms with Gasteiger partial charge in [0.15, 0.2) is 11.3 Å². The Morgan fingerprint density at radius 2 is 1.94 bits per heavy atom. The molecule has 1 saturated carbocycles. The summed E-state index contributed by atoms with van der Waals surface area (Å²) in [7, 11) is 0. The number of hydrogen-bond acceptors (Lipinski definition) is 4. The van der Waals surface area contributed by atoms with E-state index in [0.29, 0.717) is 23.8 Å². The third-order valence-corrected chi connectivity index (χ3v) is 8.07. The minimum atomic E-state index is -0.184. The Morgan fingerprint density at radius 1 is 1.14 bits per heavy atom. The van der Waals surface area contributed by atoms with Crippen molar-refractivity contribution in [1.29, 1.82) is 0 Å². The number of carbonyl (C=O) groups excluding carboxylic acids is 2. The summed E-state index contributed by atoms with van der Waals surface area (Å²) >= 11 is 0. The summed E-state index contributed by atoms with van der Waals surface area (Å²) in [6.07, 6.45) is 8.46. The van der Waals surface area contributed by atoms with Gasteiger partial charge in [0, 0.05) is 55.2 Å². The molecule has 7 heteroatoms. The van der Waals surface area contributed by atoms with Crippen LogP contribution in [-0.4, -0.2) is 45.9 Å². The van der Waals surface area contributed by atoms with Gasteiger partial charge in [-0.1, -0.05) is 12.1 Å². The number of amides is 2. The molecule has 2 fully saturated rings. The fourth-order valence-electron chi connectivity index (χ4n) is 5.60. The van der Waals surface area contributed by atoms with Crippen molar-refractivity contribution in [2.75, 3.05) is 19.6 Å². The topological polar surface area (TPSA) is 80.4 Å². The Balaban J connectivity index is 0.992. The zero-order valence-electron chi connectivity index (χ0n) is 20.4. The van der Waals surface area contributed by atoms with Gasteiger partial charge >= 0.3 is 0 Å². The van der Waals surface area contributed by atoms with Gasteiger partial charge in [0.2, 0.25) is 0 Å². The Hall–Kier alpha value is -3.87. The molecular formula is C29H30N4O3. The minimum absolute atomic E-state index is 0.110. The molecule has 0 radical (unpaired) electrons. The average molecular weight is 483 g/mol. The van der Waals surface area contributed by atoms with Gasteiger partial charge < -0.3 is 19.2 Å². The highest BCUT2D eigenvalue weighted by Crippen LogP contribution is 2.59. The number of furan rings is 1. The van der Waals surface area contributed by atoms with Crippen molar-refractivity contribution in [3.05, 3.63) is 89.7 Å². The molecule has 7 nitrogen and oxygen atoms in total. The van der Waals surface area contributed by atoms with Crippen LogP contribution in [0, 0.1) is 18.3 Å². The third-order valence-electron chi connectivity index (χ3n) is 8.07. The maximum absolute atomic E-state index is 13.1. The molecule has 184 valence electrons. The van der Waals surface area contributed by atoms with Gasteiger partial charge in [-0.05, 0) is 79.5 Å². The Morgan fingerprint density at radius 3 is 2.67 bits per heavy atom. The molecule has 1 unspecified atom stereocenters. The molecule has 1 atom stereocenters. The largest absolute Gasteiger partial charge is 0.449 e. The quantitative estimate of drug-likeness (QED) is 0.434. The van der Waals surface area contributed by atoms with E-state index in [0.717, 1.165) is 49.8 Å². The molecule has 1 saturated heterocycles. The Labute approximate surface area is 210 Å². The second-order valence-electron chi connectivity index (χ2n) is 10.3. The Kier molecular flexibility index (Phi) is 5.63. The van der Waals surface area contributed by atoms with Crippen LogP contribution in [0.25, 0.3) is 11.0 Å². The molecule has 2 aliphatic rings. The second-order valence-corrected chi connectivity index (χ2v) is 10.3. The molecule has 3 aromatic heterocycles. The maximum Gasteiger partial charge on any atom is 0.287 e. The predicted molar refractivity (Wildman–Crippen MR) is 137 cm³/mol. The highest BCUT2D eigenvalue weighted by Gasteiger charge is 2.54. The highest BCUT2D eigenvalue weighted by molar-refractivity contribution is 5.96. The summed E-state index contributed by atoms with van der Waals surface area (Å²) in [5.41, 5.74) is 4.03. The van der Waals surface area contributed by atoms with Crippen LogP contribution in [0.1, 0.15) is 51.4 Å². The smallest absolute Gasteiger partial charge is 0.287 e. The number of aromatic nitrogens is 2. The fraction of sp³-hybridized carbons (Fsp3) is 0.345. The Bertz CT molecular complexity index is 1380. The lowest BCUT2D eigenvalue weighted by molar-refractivity contribution is 0.0668. The summed E-state index contributed by atoms with van der Waals surface area (Å²) in [4.78, 5) is 31.7. The minimum Gasteiger partial charge on any atom is -0.449 e. The van der Waals surface area contributed by atoms with Crippen LogP contribution in [0.5, 0.6) is 0 Å². The molecule has 1 spiro atoms. The average Bonchev–Trinajstić information content (AvgIpc) is 3.19. The van der Waals surface area contributed by atoms with Crippen molar-refractivity contribution >= 4 is 22.8 Å². The molecule has 1 aromatic carbocycles. The van der Waals surface area contributed by atoms with E-state index in [1.807, 2.05) is 29.2 Å². The molecule has 1 aliphatic carbocycles. The van der Waals surface area contributed by atoms with Crippen molar-refractivity contribution < 1.29 is 14.0 Å². The summed E-state index contributed by atoms with van der Waals surface area (Å²) in [5, 5.41) is 3.92. The van der Waals surface area contributed by atoms with Crippen LogP contribution in [0.3, 0.4) is 0 Å². The van der Waals surface area contributed by atoms with Crippen molar-refractivity contribution in [2.45, 2.75) is 32.7 Å². The number of nitrogens with one attached hydrogen (secondary N) is 1. The number of rotatable bonds is 6. The first-order valence-corrected chi connectivity index (χ1v) is 12.6. The maximum atomic E-state index is 13.1. The van der Waals surface area contributed by atoms with E-state index < -0.39 is 0 Å². The molecule has 36 heavy (non-hydrogen) atoms. The number of fused-ring (bicyclic) bond motifs is 1. The monoisotopic (exact) mass is 482 g/mol. The third kappa shape index (κ3) is 4.30. The molecule has 6 rings (SSSR count). The molecule has 0 bridgehead atoms. The van der Waals surface area contributed by atoms with Gasteiger partial charge in [-0.25, -0.2) is 0 Å². The zero-order chi connectivity index (χ0) is 24.7. The number of hydrogen-bond donors (Lipinski definition) is 1. The summed E-state index contributed by atoms with van der Waals surface area (Å²) in [5.74, 6) is 0.707. The van der Waals surface area contributed by atoms with E-state index in [9.17, 15) is 9.59 Å². The first-order valence-electron chi connectivity index (χ1n) is 12.6. The van der Waals surface area contributed by atoms with Crippen molar-refractivity contribution in [2.24, 2.45) is 11.3 Å². The lowest BCUT2D eigenvalue weighted by Gasteiger charge is -2.33. The van der Waals surface area contributed by atoms with Gasteiger partial charge in [-0.15, -0.1) is 0 Å². The highest BCUT2D eigenvalue weighted by atomic mass is 16.3. The van der Waals surface area contributed by atoms with Gasteiger partial charge in [0.25, 0.3) is 11.8 Å². The lowest BCUT2D eigenvalue weighted by atomic mass is 9.90. The van der Waals surface area contributed by atoms with Gasteiger partial charge in [0.05, 0.1) is 6.20 Å². The van der Waals surface area contributed by atoms with Gasteiger partial charge in [-0.3, -0.25) is 14.6 Å². The fourth-order valence-corrected chi connectivity index (χ4v) is 5.60. The van der Waals surface area contributed by atoms with E-state index in [4.69, 9.17) is 4.42 Å². The molecule has 4 heterocycles. The molecule has 4 aromatic rings. The normalized spacial score (nSPS) is 18.5. The summed E-state index contributed by atoms with van der Waals surface area (Å²) in [6.45, 7) is 5.09. The van der Waals surface area contributed by atoms with Crippen molar-refractivity contribution in [1.82, 2.24) is 19.8 Å². The van der Waals surface area contributed by atoms with Crippen LogP contribution in [0.4, 0.5) is 0 Å². The van der Waals surface area contributed by atoms with Crippen LogP contribution in [0.2, 0.25) is 0 Å². The van der Waals surface area contributed by atoms with E-state index in [1.54, 1.807) is 18.5 Å². The lowest BCUT2D eigenvalue weighted by Crippen LogP contribution is -2.40. The van der Waals surface area contributed by atoms with Crippen LogP contribution < -0.4 is 5.32 Å². The second kappa shape index (κ2) is 8.97. The predicted octanol–water partition coefficient (Wildman–Crippen LogP) is 4.66. The number of likely N-dealkylation sites (tertiary alicyclic amines) is 1. The molecular weight excluding hydrogens is 452 g/mol. The standard InChI is InChI=1S/C29H30N4O3/c1-20-3-2-12-33(20)19-21-4-6-22(7-5-21)28(35)32-13-9-29(10-14-32)16-24(29)17-31-27(34)25-15-23-8-11-30-18-26(23)36-25/h2-8,11-12,15,18,24H,9-10,13-14,16-17,19H2,1H3,(H,31,34). The molecule has 1 aliphatic heterocycles. The van der Waals surface area contributed by atoms with Crippen molar-refractivity contribution in [3.8, 4) is 0 Å². The van der Waals surface area contributed by atoms with E-state index >= 15 is 0 Å². The number of aryl methyl sites for hydroxylation is 1. The number of piperidine rings is 1. The molecule has 1 N–H and O–H groups in total. The van der Waals surface area contributed by atoms with Gasteiger partial charge in [-0.2, -0.15) is 0 Å².